The molecule has 1 saturated heterocycles. The Morgan fingerprint density at radius 3 is 2.55 bits per heavy atom. The summed E-state index contributed by atoms with van der Waals surface area (Å²) >= 11 is 0. The molecule has 1 aromatic rings. The molecule has 3 heteroatoms. The number of nitrogens with two attached hydrogens (primary N) is 1. The third-order valence-corrected chi connectivity index (χ3v) is 4.39. The highest BCUT2D eigenvalue weighted by atomic mass is 15.2. The Hall–Kier alpha value is -1.37. The van der Waals surface area contributed by atoms with Gasteiger partial charge in [-0.3, -0.25) is 4.90 Å². The Bertz CT molecular complexity index is 458. The Balaban J connectivity index is 2.35. The second-order valence-electron chi connectivity index (χ2n) is 6.00. The van der Waals surface area contributed by atoms with Gasteiger partial charge >= 0.3 is 0 Å². The van der Waals surface area contributed by atoms with Crippen molar-refractivity contribution in [3.05, 3.63) is 35.4 Å². The molecule has 3 nitrogen and oxygen atoms in total. The molecule has 1 aliphatic rings. The number of hydrogen-bond donors (Lipinski definition) is 1. The standard InChI is InChI=1S/C17H25N3/c1-13(2)20-10-4-3-5-16(12-19)17(20)15-8-6-14(11-18)7-9-15/h6-9,13,16-17H,3-5,10,12,19H2,1-2H3. The first-order chi connectivity index (χ1) is 9.67. The molecule has 1 aliphatic heterocycles. The second kappa shape index (κ2) is 6.88. The molecule has 0 spiro atoms. The zero-order valence-electron chi connectivity index (χ0n) is 12.5. The van der Waals surface area contributed by atoms with Crippen LogP contribution in [0.2, 0.25) is 0 Å². The molecule has 1 aromatic carbocycles. The third-order valence-electron chi connectivity index (χ3n) is 4.39. The van der Waals surface area contributed by atoms with Crippen LogP contribution in [0.1, 0.15) is 50.3 Å². The van der Waals surface area contributed by atoms with Gasteiger partial charge in [0.25, 0.3) is 0 Å². The van der Waals surface area contributed by atoms with Crippen molar-refractivity contribution in [1.29, 1.82) is 5.26 Å². The van der Waals surface area contributed by atoms with Gasteiger partial charge in [-0.2, -0.15) is 5.26 Å². The number of likely N-dealkylation sites (tertiary alicyclic amines) is 1. The van der Waals surface area contributed by atoms with Crippen LogP contribution >= 0.6 is 0 Å². The Labute approximate surface area is 122 Å². The van der Waals surface area contributed by atoms with Gasteiger partial charge < -0.3 is 5.73 Å². The highest BCUT2D eigenvalue weighted by molar-refractivity contribution is 5.33. The van der Waals surface area contributed by atoms with E-state index in [1.54, 1.807) is 0 Å². The summed E-state index contributed by atoms with van der Waals surface area (Å²) in [6, 6.07) is 11.1. The molecule has 20 heavy (non-hydrogen) atoms. The zero-order chi connectivity index (χ0) is 14.5. The molecule has 2 unspecified atom stereocenters. The maximum absolute atomic E-state index is 8.94. The molecular formula is C17H25N3. The number of nitriles is 1. The lowest BCUT2D eigenvalue weighted by molar-refractivity contribution is 0.121. The van der Waals surface area contributed by atoms with Gasteiger partial charge in [0.1, 0.15) is 0 Å². The van der Waals surface area contributed by atoms with Crippen molar-refractivity contribution >= 4 is 0 Å². The molecule has 1 fully saturated rings. The fourth-order valence-electron chi connectivity index (χ4n) is 3.31. The first-order valence-electron chi connectivity index (χ1n) is 7.63. The lowest BCUT2D eigenvalue weighted by Crippen LogP contribution is -2.39. The lowest BCUT2D eigenvalue weighted by Gasteiger charge is -2.38. The highest BCUT2D eigenvalue weighted by Crippen LogP contribution is 2.35. The quantitative estimate of drug-likeness (QED) is 0.919. The molecule has 2 rings (SSSR count). The molecule has 2 atom stereocenters. The minimum absolute atomic E-state index is 0.384. The van der Waals surface area contributed by atoms with E-state index in [-0.39, 0.29) is 0 Å². The van der Waals surface area contributed by atoms with E-state index in [0.717, 1.165) is 18.7 Å². The topological polar surface area (TPSA) is 53.0 Å². The normalized spacial score (nSPS) is 24.4. The van der Waals surface area contributed by atoms with Crippen molar-refractivity contribution in [3.63, 3.8) is 0 Å². The summed E-state index contributed by atoms with van der Waals surface area (Å²) in [6.07, 6.45) is 3.71. The van der Waals surface area contributed by atoms with Crippen LogP contribution < -0.4 is 5.73 Å². The van der Waals surface area contributed by atoms with E-state index in [2.05, 4.69) is 36.9 Å². The van der Waals surface area contributed by atoms with E-state index in [4.69, 9.17) is 11.0 Å². The smallest absolute Gasteiger partial charge is 0.0991 e. The second-order valence-corrected chi connectivity index (χ2v) is 6.00. The van der Waals surface area contributed by atoms with Crippen LogP contribution in [0, 0.1) is 17.2 Å². The van der Waals surface area contributed by atoms with E-state index in [0.29, 0.717) is 18.0 Å². The van der Waals surface area contributed by atoms with Crippen molar-refractivity contribution in [1.82, 2.24) is 4.90 Å². The maximum atomic E-state index is 8.94. The van der Waals surface area contributed by atoms with Crippen molar-refractivity contribution < 1.29 is 0 Å². The summed E-state index contributed by atoms with van der Waals surface area (Å²) in [5.74, 6) is 0.507. The summed E-state index contributed by atoms with van der Waals surface area (Å²) < 4.78 is 0. The van der Waals surface area contributed by atoms with Gasteiger partial charge in [-0.1, -0.05) is 18.6 Å². The lowest BCUT2D eigenvalue weighted by atomic mass is 9.88. The van der Waals surface area contributed by atoms with E-state index in [1.807, 2.05) is 12.1 Å². The van der Waals surface area contributed by atoms with Gasteiger partial charge in [0.2, 0.25) is 0 Å². The van der Waals surface area contributed by atoms with Crippen LogP contribution in [0.3, 0.4) is 0 Å². The summed E-state index contributed by atoms with van der Waals surface area (Å²) in [6.45, 7) is 6.39. The SMILES string of the molecule is CC(C)N1CCCCC(CN)C1c1ccc(C#N)cc1. The molecule has 2 N–H and O–H groups in total. The molecule has 0 aromatic heterocycles. The Morgan fingerprint density at radius 2 is 2.00 bits per heavy atom. The average Bonchev–Trinajstić information content (AvgIpc) is 2.69. The maximum Gasteiger partial charge on any atom is 0.0991 e. The van der Waals surface area contributed by atoms with Crippen LogP contribution in [0.15, 0.2) is 24.3 Å². The molecule has 0 amide bonds. The van der Waals surface area contributed by atoms with E-state index >= 15 is 0 Å². The van der Waals surface area contributed by atoms with Crippen molar-refractivity contribution in [3.8, 4) is 6.07 Å². The number of rotatable bonds is 3. The number of nitrogens with zero attached hydrogens (tertiary/aromatic N) is 2. The van der Waals surface area contributed by atoms with Crippen LogP contribution in [0.25, 0.3) is 0 Å². The average molecular weight is 271 g/mol. The summed E-state index contributed by atoms with van der Waals surface area (Å²) in [5.41, 5.74) is 8.07. The van der Waals surface area contributed by atoms with Gasteiger partial charge in [-0.05, 0) is 63.4 Å². The fraction of sp³-hybridized carbons (Fsp3) is 0.588. The van der Waals surface area contributed by atoms with Gasteiger partial charge in [0, 0.05) is 12.1 Å². The first-order valence-corrected chi connectivity index (χ1v) is 7.63. The van der Waals surface area contributed by atoms with Crippen LogP contribution in [-0.4, -0.2) is 24.0 Å². The largest absolute Gasteiger partial charge is 0.330 e. The minimum atomic E-state index is 0.384. The van der Waals surface area contributed by atoms with E-state index in [9.17, 15) is 0 Å². The summed E-state index contributed by atoms with van der Waals surface area (Å²) in [7, 11) is 0. The van der Waals surface area contributed by atoms with Crippen molar-refractivity contribution in [2.24, 2.45) is 11.7 Å². The van der Waals surface area contributed by atoms with Crippen LogP contribution in [-0.2, 0) is 0 Å². The van der Waals surface area contributed by atoms with Crippen LogP contribution in [0.5, 0.6) is 0 Å². The van der Waals surface area contributed by atoms with Crippen molar-refractivity contribution in [2.75, 3.05) is 13.1 Å². The predicted octanol–water partition coefficient (Wildman–Crippen LogP) is 3.07. The summed E-state index contributed by atoms with van der Waals surface area (Å²) in [4.78, 5) is 2.58. The highest BCUT2D eigenvalue weighted by Gasteiger charge is 2.31. The first kappa shape index (κ1) is 15.0. The van der Waals surface area contributed by atoms with E-state index < -0.39 is 0 Å². The van der Waals surface area contributed by atoms with E-state index in [1.165, 1.54) is 24.8 Å². The number of benzene rings is 1. The van der Waals surface area contributed by atoms with Gasteiger partial charge in [0.05, 0.1) is 11.6 Å². The van der Waals surface area contributed by atoms with Gasteiger partial charge in [-0.25, -0.2) is 0 Å². The zero-order valence-corrected chi connectivity index (χ0v) is 12.5. The number of hydrogen-bond acceptors (Lipinski definition) is 3. The Kier molecular flexibility index (Phi) is 5.17. The minimum Gasteiger partial charge on any atom is -0.330 e. The summed E-state index contributed by atoms with van der Waals surface area (Å²) in [5, 5.41) is 8.94. The molecular weight excluding hydrogens is 246 g/mol. The Morgan fingerprint density at radius 1 is 1.30 bits per heavy atom. The molecule has 0 radical (unpaired) electrons. The van der Waals surface area contributed by atoms with Crippen molar-refractivity contribution in [2.45, 2.75) is 45.2 Å². The molecule has 1 heterocycles. The molecule has 108 valence electrons. The van der Waals surface area contributed by atoms with Gasteiger partial charge in [0.15, 0.2) is 0 Å². The third kappa shape index (κ3) is 3.20. The molecule has 0 saturated carbocycles. The van der Waals surface area contributed by atoms with Gasteiger partial charge in [-0.15, -0.1) is 0 Å². The van der Waals surface area contributed by atoms with Crippen LogP contribution in [0.4, 0.5) is 0 Å². The fourth-order valence-corrected chi connectivity index (χ4v) is 3.31. The predicted molar refractivity (Wildman–Crippen MR) is 82.1 cm³/mol. The molecule has 0 aliphatic carbocycles. The molecule has 0 bridgehead atoms. The monoisotopic (exact) mass is 271 g/mol.